The lowest BCUT2D eigenvalue weighted by molar-refractivity contribution is 0.0947. The summed E-state index contributed by atoms with van der Waals surface area (Å²) >= 11 is 0. The molecule has 2 aromatic rings. The van der Waals surface area contributed by atoms with Crippen LogP contribution in [0.25, 0.3) is 0 Å². The minimum atomic E-state index is -0.178. The fraction of sp³-hybridized carbons (Fsp3) is 0.200. The monoisotopic (exact) mass is 255 g/mol. The highest BCUT2D eigenvalue weighted by molar-refractivity contribution is 5.92. The summed E-state index contributed by atoms with van der Waals surface area (Å²) < 4.78 is 0. The number of nitrogens with zero attached hydrogens (tertiary/aromatic N) is 1. The number of anilines is 1. The summed E-state index contributed by atoms with van der Waals surface area (Å²) in [6, 6.07) is 13.4. The molecule has 19 heavy (non-hydrogen) atoms. The summed E-state index contributed by atoms with van der Waals surface area (Å²) in [6.07, 6.45) is 1.48. The fourth-order valence-electron chi connectivity index (χ4n) is 1.78. The third-order valence-corrected chi connectivity index (χ3v) is 2.96. The number of aromatic nitrogens is 1. The maximum atomic E-state index is 11.9. The molecule has 1 aromatic heterocycles. The number of pyridine rings is 1. The van der Waals surface area contributed by atoms with Crippen molar-refractivity contribution in [1.29, 1.82) is 0 Å². The first-order valence-electron chi connectivity index (χ1n) is 6.21. The van der Waals surface area contributed by atoms with E-state index in [9.17, 15) is 4.79 Å². The number of carbonyl (C=O) groups excluding carboxylic acids is 1. The summed E-state index contributed by atoms with van der Waals surface area (Å²) in [4.78, 5) is 15.9. The average molecular weight is 255 g/mol. The zero-order chi connectivity index (χ0) is 13.7. The first-order valence-corrected chi connectivity index (χ1v) is 6.21. The van der Waals surface area contributed by atoms with Gasteiger partial charge >= 0.3 is 0 Å². The fourth-order valence-corrected chi connectivity index (χ4v) is 1.78. The van der Waals surface area contributed by atoms with Crippen LogP contribution in [0, 0.1) is 0 Å². The molecular weight excluding hydrogens is 238 g/mol. The van der Waals surface area contributed by atoms with Gasteiger partial charge in [0.25, 0.3) is 5.91 Å². The van der Waals surface area contributed by atoms with Gasteiger partial charge < -0.3 is 11.1 Å². The maximum Gasteiger partial charge on any atom is 0.269 e. The topological polar surface area (TPSA) is 68.0 Å². The van der Waals surface area contributed by atoms with E-state index in [4.69, 9.17) is 5.73 Å². The lowest BCUT2D eigenvalue weighted by Gasteiger charge is -2.12. The largest absolute Gasteiger partial charge is 0.397 e. The van der Waals surface area contributed by atoms with E-state index in [1.165, 1.54) is 11.8 Å². The minimum Gasteiger partial charge on any atom is -0.397 e. The first kappa shape index (κ1) is 13.1. The third-order valence-electron chi connectivity index (χ3n) is 2.96. The number of carbonyl (C=O) groups is 1. The quantitative estimate of drug-likeness (QED) is 0.880. The van der Waals surface area contributed by atoms with E-state index in [0.717, 1.165) is 0 Å². The Morgan fingerprint density at radius 1 is 1.26 bits per heavy atom. The second-order valence-electron chi connectivity index (χ2n) is 4.50. The summed E-state index contributed by atoms with van der Waals surface area (Å²) in [5, 5.41) is 2.87. The Morgan fingerprint density at radius 2 is 2.00 bits per heavy atom. The molecule has 0 bridgehead atoms. The van der Waals surface area contributed by atoms with Gasteiger partial charge in [0.05, 0.1) is 11.9 Å². The number of nitrogen functional groups attached to an aromatic ring is 1. The lowest BCUT2D eigenvalue weighted by atomic mass is 10.0. The highest BCUT2D eigenvalue weighted by Gasteiger charge is 2.09. The van der Waals surface area contributed by atoms with Gasteiger partial charge in [0.15, 0.2) is 0 Å². The van der Waals surface area contributed by atoms with Crippen LogP contribution >= 0.6 is 0 Å². The second-order valence-corrected chi connectivity index (χ2v) is 4.50. The molecule has 0 aliphatic heterocycles. The average Bonchev–Trinajstić information content (AvgIpc) is 2.46. The highest BCUT2D eigenvalue weighted by Crippen LogP contribution is 2.13. The van der Waals surface area contributed by atoms with Crippen molar-refractivity contribution in [2.75, 3.05) is 12.3 Å². The zero-order valence-corrected chi connectivity index (χ0v) is 10.8. The highest BCUT2D eigenvalue weighted by atomic mass is 16.1. The van der Waals surface area contributed by atoms with Gasteiger partial charge in [0, 0.05) is 6.54 Å². The van der Waals surface area contributed by atoms with Crippen molar-refractivity contribution in [3.05, 3.63) is 59.9 Å². The van der Waals surface area contributed by atoms with Crippen molar-refractivity contribution in [1.82, 2.24) is 10.3 Å². The molecule has 0 saturated heterocycles. The van der Waals surface area contributed by atoms with Crippen LogP contribution in [0.5, 0.6) is 0 Å². The molecule has 0 aliphatic rings. The Bertz CT molecular complexity index is 537. The van der Waals surface area contributed by atoms with Gasteiger partial charge in [-0.1, -0.05) is 37.3 Å². The normalized spacial score (nSPS) is 11.8. The van der Waals surface area contributed by atoms with Crippen molar-refractivity contribution in [3.8, 4) is 0 Å². The van der Waals surface area contributed by atoms with Gasteiger partial charge in [-0.05, 0) is 23.6 Å². The Hall–Kier alpha value is -2.36. The van der Waals surface area contributed by atoms with Crippen LogP contribution in [0.2, 0.25) is 0 Å². The van der Waals surface area contributed by atoms with Gasteiger partial charge in [-0.25, -0.2) is 4.98 Å². The van der Waals surface area contributed by atoms with Gasteiger partial charge in [0.2, 0.25) is 0 Å². The Labute approximate surface area is 112 Å². The van der Waals surface area contributed by atoms with Crippen molar-refractivity contribution in [2.45, 2.75) is 12.8 Å². The molecule has 4 nitrogen and oxygen atoms in total. The van der Waals surface area contributed by atoms with Crippen molar-refractivity contribution < 1.29 is 4.79 Å². The predicted molar refractivity (Wildman–Crippen MR) is 75.8 cm³/mol. The number of nitrogens with two attached hydrogens (primary N) is 1. The molecule has 1 aromatic carbocycles. The molecule has 0 aliphatic carbocycles. The molecule has 0 spiro atoms. The molecule has 0 fully saturated rings. The molecule has 98 valence electrons. The lowest BCUT2D eigenvalue weighted by Crippen LogP contribution is -2.28. The predicted octanol–water partition coefficient (Wildman–Crippen LogP) is 2.20. The summed E-state index contributed by atoms with van der Waals surface area (Å²) in [5.41, 5.74) is 7.67. The Kier molecular flexibility index (Phi) is 4.13. The molecule has 1 amide bonds. The van der Waals surface area contributed by atoms with E-state index in [1.54, 1.807) is 12.1 Å². The number of benzene rings is 1. The van der Waals surface area contributed by atoms with Crippen molar-refractivity contribution >= 4 is 11.6 Å². The molecule has 4 heteroatoms. The summed E-state index contributed by atoms with van der Waals surface area (Å²) in [7, 11) is 0. The molecule has 1 unspecified atom stereocenters. The van der Waals surface area contributed by atoms with E-state index in [1.807, 2.05) is 18.2 Å². The number of amides is 1. The standard InChI is InChI=1S/C15H17N3O/c1-11(12-5-3-2-4-6-12)9-18-15(19)14-8-7-13(16)10-17-14/h2-8,10-11H,9,16H2,1H3,(H,18,19). The molecule has 2 rings (SSSR count). The molecule has 3 N–H and O–H groups in total. The number of rotatable bonds is 4. The van der Waals surface area contributed by atoms with E-state index < -0.39 is 0 Å². The Balaban J connectivity index is 1.92. The Morgan fingerprint density at radius 3 is 2.63 bits per heavy atom. The van der Waals surface area contributed by atoms with Crippen molar-refractivity contribution in [2.24, 2.45) is 0 Å². The van der Waals surface area contributed by atoms with Gasteiger partial charge in [-0.2, -0.15) is 0 Å². The van der Waals surface area contributed by atoms with Crippen LogP contribution in [-0.4, -0.2) is 17.4 Å². The maximum absolute atomic E-state index is 11.9. The van der Waals surface area contributed by atoms with E-state index in [0.29, 0.717) is 17.9 Å². The van der Waals surface area contributed by atoms with Crippen LogP contribution in [-0.2, 0) is 0 Å². The molecule has 1 heterocycles. The van der Waals surface area contributed by atoms with Crippen LogP contribution in [0.15, 0.2) is 48.7 Å². The first-order chi connectivity index (χ1) is 9.16. The van der Waals surface area contributed by atoms with Crippen LogP contribution in [0.3, 0.4) is 0 Å². The van der Waals surface area contributed by atoms with Gasteiger partial charge in [-0.15, -0.1) is 0 Å². The van der Waals surface area contributed by atoms with Crippen LogP contribution < -0.4 is 11.1 Å². The van der Waals surface area contributed by atoms with Crippen LogP contribution in [0.1, 0.15) is 28.9 Å². The molecular formula is C15H17N3O. The van der Waals surface area contributed by atoms with Gasteiger partial charge in [-0.3, -0.25) is 4.79 Å². The van der Waals surface area contributed by atoms with E-state index >= 15 is 0 Å². The number of hydrogen-bond donors (Lipinski definition) is 2. The van der Waals surface area contributed by atoms with Gasteiger partial charge in [0.1, 0.15) is 5.69 Å². The van der Waals surface area contributed by atoms with E-state index in [-0.39, 0.29) is 11.8 Å². The second kappa shape index (κ2) is 6.00. The molecule has 1 atom stereocenters. The number of hydrogen-bond acceptors (Lipinski definition) is 3. The molecule has 0 radical (unpaired) electrons. The smallest absolute Gasteiger partial charge is 0.269 e. The zero-order valence-electron chi connectivity index (χ0n) is 10.8. The molecule has 0 saturated carbocycles. The summed E-state index contributed by atoms with van der Waals surface area (Å²) in [5.74, 6) is 0.0849. The van der Waals surface area contributed by atoms with Crippen molar-refractivity contribution in [3.63, 3.8) is 0 Å². The number of nitrogens with one attached hydrogen (secondary N) is 1. The third kappa shape index (κ3) is 3.55. The summed E-state index contributed by atoms with van der Waals surface area (Å²) in [6.45, 7) is 2.65. The SMILES string of the molecule is CC(CNC(=O)c1ccc(N)cn1)c1ccccc1. The van der Waals surface area contributed by atoms with Crippen LogP contribution in [0.4, 0.5) is 5.69 Å². The van der Waals surface area contributed by atoms with E-state index in [2.05, 4.69) is 29.4 Å². The minimum absolute atomic E-state index is 0.178.